The number of hydrogen-bond donors (Lipinski definition) is 1. The number of nitrogens with one attached hydrogen (secondary N) is 1. The molecule has 7 nitrogen and oxygen atoms in total. The lowest BCUT2D eigenvalue weighted by Gasteiger charge is -2.30. The molecule has 0 spiro atoms. The Labute approximate surface area is 151 Å². The molecular formula is C19H22N4O3. The normalized spacial score (nSPS) is 19.3. The Morgan fingerprint density at radius 2 is 2.08 bits per heavy atom. The summed E-state index contributed by atoms with van der Waals surface area (Å²) < 4.78 is 5.23. The number of hydrogen-bond acceptors (Lipinski definition) is 5. The van der Waals surface area contributed by atoms with Crippen LogP contribution in [0.4, 0.5) is 5.69 Å². The molecule has 1 atom stereocenters. The number of amides is 2. The SMILES string of the molecule is Cc1noc(C2CCCN(C(=O)C(=O)Nc3ccc4c(c3)CCC4)C2)n1. The number of likely N-dealkylation sites (tertiary alicyclic amines) is 1. The van der Waals surface area contributed by atoms with Crippen LogP contribution < -0.4 is 5.32 Å². The summed E-state index contributed by atoms with van der Waals surface area (Å²) in [6.07, 6.45) is 4.95. The second-order valence-corrected chi connectivity index (χ2v) is 7.06. The van der Waals surface area contributed by atoms with Crippen molar-refractivity contribution in [3.8, 4) is 0 Å². The third-order valence-electron chi connectivity index (χ3n) is 5.15. The molecule has 7 heteroatoms. The summed E-state index contributed by atoms with van der Waals surface area (Å²) in [5, 5.41) is 6.56. The van der Waals surface area contributed by atoms with Crippen molar-refractivity contribution in [2.45, 2.75) is 44.9 Å². The fourth-order valence-electron chi connectivity index (χ4n) is 3.82. The number of aryl methyl sites for hydroxylation is 3. The maximum absolute atomic E-state index is 12.6. The average molecular weight is 354 g/mol. The van der Waals surface area contributed by atoms with Crippen molar-refractivity contribution in [1.29, 1.82) is 0 Å². The second-order valence-electron chi connectivity index (χ2n) is 7.06. The van der Waals surface area contributed by atoms with Gasteiger partial charge in [0.1, 0.15) is 0 Å². The average Bonchev–Trinajstić information content (AvgIpc) is 3.29. The van der Waals surface area contributed by atoms with Crippen LogP contribution >= 0.6 is 0 Å². The Balaban J connectivity index is 1.40. The highest BCUT2D eigenvalue weighted by molar-refractivity contribution is 6.39. The van der Waals surface area contributed by atoms with Crippen molar-refractivity contribution in [2.24, 2.45) is 0 Å². The zero-order valence-corrected chi connectivity index (χ0v) is 14.8. The summed E-state index contributed by atoms with van der Waals surface area (Å²) in [5.74, 6) is 0.00951. The smallest absolute Gasteiger partial charge is 0.313 e. The fraction of sp³-hybridized carbons (Fsp3) is 0.474. The lowest BCUT2D eigenvalue weighted by molar-refractivity contribution is -0.144. The van der Waals surface area contributed by atoms with E-state index in [1.165, 1.54) is 11.1 Å². The third kappa shape index (κ3) is 3.34. The minimum absolute atomic E-state index is 0.0123. The number of rotatable bonds is 2. The van der Waals surface area contributed by atoms with Gasteiger partial charge in [-0.1, -0.05) is 11.2 Å². The van der Waals surface area contributed by atoms with E-state index >= 15 is 0 Å². The van der Waals surface area contributed by atoms with Gasteiger partial charge < -0.3 is 14.7 Å². The van der Waals surface area contributed by atoms with E-state index in [1.807, 2.05) is 18.2 Å². The maximum atomic E-state index is 12.6. The van der Waals surface area contributed by atoms with E-state index in [4.69, 9.17) is 4.52 Å². The number of piperidine rings is 1. The molecule has 1 unspecified atom stereocenters. The van der Waals surface area contributed by atoms with Crippen molar-refractivity contribution >= 4 is 17.5 Å². The lowest BCUT2D eigenvalue weighted by atomic mass is 9.98. The monoisotopic (exact) mass is 354 g/mol. The zero-order chi connectivity index (χ0) is 18.1. The molecule has 1 fully saturated rings. The molecular weight excluding hydrogens is 332 g/mol. The number of carbonyl (C=O) groups is 2. The molecule has 4 rings (SSSR count). The number of nitrogens with zero attached hydrogens (tertiary/aromatic N) is 3. The molecule has 1 aromatic heterocycles. The third-order valence-corrected chi connectivity index (χ3v) is 5.15. The van der Waals surface area contributed by atoms with Crippen LogP contribution in [-0.2, 0) is 22.4 Å². The van der Waals surface area contributed by atoms with Gasteiger partial charge in [0.05, 0.1) is 5.92 Å². The predicted molar refractivity (Wildman–Crippen MR) is 94.7 cm³/mol. The van der Waals surface area contributed by atoms with Crippen molar-refractivity contribution in [3.05, 3.63) is 41.0 Å². The van der Waals surface area contributed by atoms with E-state index in [0.717, 1.165) is 32.1 Å². The quantitative estimate of drug-likeness (QED) is 0.836. The summed E-state index contributed by atoms with van der Waals surface area (Å²) in [4.78, 5) is 30.8. The summed E-state index contributed by atoms with van der Waals surface area (Å²) in [6.45, 7) is 2.76. The van der Waals surface area contributed by atoms with E-state index in [-0.39, 0.29) is 5.92 Å². The highest BCUT2D eigenvalue weighted by Gasteiger charge is 2.31. The Hall–Kier alpha value is -2.70. The number of aromatic nitrogens is 2. The summed E-state index contributed by atoms with van der Waals surface area (Å²) in [6, 6.07) is 5.89. The Morgan fingerprint density at radius 3 is 2.88 bits per heavy atom. The van der Waals surface area contributed by atoms with Crippen LogP contribution in [0.25, 0.3) is 0 Å². The molecule has 1 aliphatic carbocycles. The van der Waals surface area contributed by atoms with Crippen molar-refractivity contribution in [3.63, 3.8) is 0 Å². The molecule has 26 heavy (non-hydrogen) atoms. The molecule has 0 bridgehead atoms. The van der Waals surface area contributed by atoms with Gasteiger partial charge in [0, 0.05) is 18.8 Å². The summed E-state index contributed by atoms with van der Waals surface area (Å²) >= 11 is 0. The minimum Gasteiger partial charge on any atom is -0.339 e. The highest BCUT2D eigenvalue weighted by Crippen LogP contribution is 2.27. The van der Waals surface area contributed by atoms with Gasteiger partial charge >= 0.3 is 11.8 Å². The minimum atomic E-state index is -0.592. The molecule has 0 radical (unpaired) electrons. The van der Waals surface area contributed by atoms with Crippen molar-refractivity contribution < 1.29 is 14.1 Å². The van der Waals surface area contributed by atoms with Crippen molar-refractivity contribution in [1.82, 2.24) is 15.0 Å². The molecule has 2 heterocycles. The van der Waals surface area contributed by atoms with Crippen LogP contribution in [0.5, 0.6) is 0 Å². The molecule has 136 valence electrons. The number of carbonyl (C=O) groups excluding carboxylic acids is 2. The van der Waals surface area contributed by atoms with Gasteiger partial charge in [-0.3, -0.25) is 9.59 Å². The first-order valence-corrected chi connectivity index (χ1v) is 9.12. The van der Waals surface area contributed by atoms with Crippen LogP contribution in [0.1, 0.15) is 48.0 Å². The topological polar surface area (TPSA) is 88.3 Å². The largest absolute Gasteiger partial charge is 0.339 e. The van der Waals surface area contributed by atoms with Crippen molar-refractivity contribution in [2.75, 3.05) is 18.4 Å². The van der Waals surface area contributed by atoms with Crippen LogP contribution in [0.2, 0.25) is 0 Å². The zero-order valence-electron chi connectivity index (χ0n) is 14.8. The number of fused-ring (bicyclic) bond motifs is 1. The molecule has 0 saturated carbocycles. The Kier molecular flexibility index (Phi) is 4.44. The summed E-state index contributed by atoms with van der Waals surface area (Å²) in [7, 11) is 0. The first kappa shape index (κ1) is 16.8. The van der Waals surface area contributed by atoms with E-state index in [1.54, 1.807) is 11.8 Å². The maximum Gasteiger partial charge on any atom is 0.313 e. The van der Waals surface area contributed by atoms with E-state index < -0.39 is 11.8 Å². The van der Waals surface area contributed by atoms with Gasteiger partial charge in [0.2, 0.25) is 5.89 Å². The summed E-state index contributed by atoms with van der Waals surface area (Å²) in [5.41, 5.74) is 3.29. The molecule has 2 amide bonds. The standard InChI is InChI=1S/C19H22N4O3/c1-12-20-18(26-22-12)15-6-3-9-23(11-15)19(25)17(24)21-16-8-7-13-4-2-5-14(13)10-16/h7-8,10,15H,2-6,9,11H2,1H3,(H,21,24). The molecule has 1 saturated heterocycles. The Bertz CT molecular complexity index is 845. The number of anilines is 1. The highest BCUT2D eigenvalue weighted by atomic mass is 16.5. The van der Waals surface area contributed by atoms with Crippen LogP contribution in [0, 0.1) is 6.92 Å². The molecule has 1 aliphatic heterocycles. The fourth-order valence-corrected chi connectivity index (χ4v) is 3.82. The Morgan fingerprint density at radius 1 is 1.23 bits per heavy atom. The lowest BCUT2D eigenvalue weighted by Crippen LogP contribution is -2.44. The van der Waals surface area contributed by atoms with Crippen LogP contribution in [0.3, 0.4) is 0 Å². The predicted octanol–water partition coefficient (Wildman–Crippen LogP) is 2.21. The van der Waals surface area contributed by atoms with Gasteiger partial charge in [-0.2, -0.15) is 4.98 Å². The van der Waals surface area contributed by atoms with E-state index in [0.29, 0.717) is 30.5 Å². The molecule has 1 aromatic carbocycles. The van der Waals surface area contributed by atoms with E-state index in [9.17, 15) is 9.59 Å². The van der Waals surface area contributed by atoms with E-state index in [2.05, 4.69) is 15.5 Å². The first-order chi connectivity index (χ1) is 12.6. The van der Waals surface area contributed by atoms with Gasteiger partial charge in [-0.05, 0) is 62.3 Å². The first-order valence-electron chi connectivity index (χ1n) is 9.12. The van der Waals surface area contributed by atoms with Gasteiger partial charge in [-0.15, -0.1) is 0 Å². The van der Waals surface area contributed by atoms with Crippen LogP contribution in [0.15, 0.2) is 22.7 Å². The molecule has 2 aliphatic rings. The van der Waals surface area contributed by atoms with Gasteiger partial charge in [0.15, 0.2) is 5.82 Å². The molecule has 1 N–H and O–H groups in total. The number of benzene rings is 1. The second kappa shape index (κ2) is 6.90. The van der Waals surface area contributed by atoms with Crippen LogP contribution in [-0.4, -0.2) is 39.9 Å². The van der Waals surface area contributed by atoms with Gasteiger partial charge in [-0.25, -0.2) is 0 Å². The van der Waals surface area contributed by atoms with Gasteiger partial charge in [0.25, 0.3) is 0 Å². The molecule has 2 aromatic rings.